The molecular weight excluding hydrogens is 381 g/mol. The van der Waals surface area contributed by atoms with Crippen molar-refractivity contribution in [3.05, 3.63) is 18.0 Å². The summed E-state index contributed by atoms with van der Waals surface area (Å²) in [4.78, 5) is 14.9. The first kappa shape index (κ1) is 23.2. The lowest BCUT2D eigenvalue weighted by Gasteiger charge is -2.43. The minimum atomic E-state index is -1.82. The van der Waals surface area contributed by atoms with Gasteiger partial charge in [-0.2, -0.15) is 5.10 Å². The zero-order chi connectivity index (χ0) is 21.7. The van der Waals surface area contributed by atoms with Crippen LogP contribution < -0.4 is 0 Å². The number of H-pyrrole nitrogens is 1. The van der Waals surface area contributed by atoms with Gasteiger partial charge in [-0.15, -0.1) is 0 Å². The summed E-state index contributed by atoms with van der Waals surface area (Å²) in [5.74, 6) is 1.24. The molecule has 3 rings (SSSR count). The molecule has 5 nitrogen and oxygen atoms in total. The van der Waals surface area contributed by atoms with Crippen LogP contribution in [0.3, 0.4) is 0 Å². The zero-order valence-corrected chi connectivity index (χ0v) is 19.2. The lowest BCUT2D eigenvalue weighted by atomic mass is 9.80. The lowest BCUT2D eigenvalue weighted by Crippen LogP contribution is -2.55. The van der Waals surface area contributed by atoms with E-state index in [1.165, 1.54) is 19.8 Å². The Kier molecular flexibility index (Phi) is 7.94. The van der Waals surface area contributed by atoms with Crippen molar-refractivity contribution in [1.29, 1.82) is 0 Å². The normalized spacial score (nSPS) is 29.7. The summed E-state index contributed by atoms with van der Waals surface area (Å²) >= 11 is 0. The summed E-state index contributed by atoms with van der Waals surface area (Å²) in [6.07, 6.45) is 9.29. The second-order valence-corrected chi connectivity index (χ2v) is 9.89. The number of piperidine rings is 1. The van der Waals surface area contributed by atoms with Gasteiger partial charge < -0.3 is 9.64 Å². The summed E-state index contributed by atoms with van der Waals surface area (Å²) in [6, 6.07) is 1.82. The molecule has 0 spiro atoms. The van der Waals surface area contributed by atoms with Gasteiger partial charge in [-0.05, 0) is 69.8 Å². The monoisotopic (exact) mass is 421 g/mol. The molecule has 1 saturated carbocycles. The van der Waals surface area contributed by atoms with Gasteiger partial charge in [-0.25, -0.2) is 4.39 Å². The maximum absolute atomic E-state index is 15.2. The molecule has 30 heavy (non-hydrogen) atoms. The molecule has 1 aromatic rings. The Bertz CT molecular complexity index is 653. The van der Waals surface area contributed by atoms with E-state index in [1.54, 1.807) is 11.1 Å². The van der Waals surface area contributed by atoms with E-state index in [0.717, 1.165) is 43.2 Å². The van der Waals surface area contributed by atoms with E-state index in [-0.39, 0.29) is 30.4 Å². The van der Waals surface area contributed by atoms with Gasteiger partial charge in [0.1, 0.15) is 0 Å². The third kappa shape index (κ3) is 5.43. The van der Waals surface area contributed by atoms with E-state index < -0.39 is 5.67 Å². The minimum absolute atomic E-state index is 0.106. The quantitative estimate of drug-likeness (QED) is 0.624. The van der Waals surface area contributed by atoms with Crippen molar-refractivity contribution >= 4 is 5.91 Å². The fourth-order valence-corrected chi connectivity index (χ4v) is 5.38. The van der Waals surface area contributed by atoms with Crippen molar-refractivity contribution < 1.29 is 13.9 Å². The lowest BCUT2D eigenvalue weighted by molar-refractivity contribution is -0.151. The molecule has 1 aromatic heterocycles. The maximum atomic E-state index is 15.2. The predicted molar refractivity (Wildman–Crippen MR) is 117 cm³/mol. The molecule has 1 aliphatic carbocycles. The number of aromatic nitrogens is 2. The van der Waals surface area contributed by atoms with Gasteiger partial charge in [0.25, 0.3) is 5.91 Å². The van der Waals surface area contributed by atoms with Gasteiger partial charge in [0, 0.05) is 24.4 Å². The number of alkyl halides is 1. The smallest absolute Gasteiger partial charge is 0.260 e. The number of aromatic amines is 1. The highest BCUT2D eigenvalue weighted by Gasteiger charge is 2.43. The zero-order valence-electron chi connectivity index (χ0n) is 19.2. The highest BCUT2D eigenvalue weighted by Crippen LogP contribution is 2.36. The van der Waals surface area contributed by atoms with Crippen LogP contribution in [-0.2, 0) is 9.53 Å². The van der Waals surface area contributed by atoms with Crippen molar-refractivity contribution in [3.63, 3.8) is 0 Å². The molecule has 1 aliphatic heterocycles. The number of hydrogen-bond donors (Lipinski definition) is 1. The Balaban J connectivity index is 1.71. The average molecular weight is 422 g/mol. The SMILES string of the molecule is CCCC(C)(F)C(=O)N1CCC[C@H](c2ccn[nH]2)[C@@H]1COC1CCC(C(C)C)CC1. The Morgan fingerprint density at radius 3 is 2.67 bits per heavy atom. The first-order chi connectivity index (χ1) is 14.3. The van der Waals surface area contributed by atoms with E-state index in [0.29, 0.717) is 19.6 Å². The summed E-state index contributed by atoms with van der Waals surface area (Å²) in [6.45, 7) is 9.02. The highest BCUT2D eigenvalue weighted by atomic mass is 19.1. The first-order valence-electron chi connectivity index (χ1n) is 11.9. The van der Waals surface area contributed by atoms with Gasteiger partial charge in [0.05, 0.1) is 18.8 Å². The summed E-state index contributed by atoms with van der Waals surface area (Å²) < 4.78 is 21.6. The minimum Gasteiger partial charge on any atom is -0.376 e. The number of nitrogens with zero attached hydrogens (tertiary/aromatic N) is 2. The van der Waals surface area contributed by atoms with Gasteiger partial charge in [0.15, 0.2) is 5.67 Å². The van der Waals surface area contributed by atoms with E-state index in [2.05, 4.69) is 24.0 Å². The van der Waals surface area contributed by atoms with E-state index in [4.69, 9.17) is 4.74 Å². The Morgan fingerprint density at radius 2 is 2.07 bits per heavy atom. The number of carbonyl (C=O) groups is 1. The topological polar surface area (TPSA) is 58.2 Å². The second kappa shape index (κ2) is 10.3. The van der Waals surface area contributed by atoms with Crippen molar-refractivity contribution in [1.82, 2.24) is 15.1 Å². The third-order valence-corrected chi connectivity index (χ3v) is 7.29. The van der Waals surface area contributed by atoms with Crippen molar-refractivity contribution in [2.75, 3.05) is 13.2 Å². The number of ether oxygens (including phenoxy) is 1. The van der Waals surface area contributed by atoms with Gasteiger partial charge >= 0.3 is 0 Å². The number of likely N-dealkylation sites (tertiary alicyclic amines) is 1. The van der Waals surface area contributed by atoms with E-state index in [9.17, 15) is 4.79 Å². The average Bonchev–Trinajstić information content (AvgIpc) is 3.26. The summed E-state index contributed by atoms with van der Waals surface area (Å²) in [5, 5.41) is 7.19. The Morgan fingerprint density at radius 1 is 1.33 bits per heavy atom. The molecule has 3 atom stereocenters. The molecule has 2 heterocycles. The maximum Gasteiger partial charge on any atom is 0.260 e. The van der Waals surface area contributed by atoms with Crippen molar-refractivity contribution in [3.8, 4) is 0 Å². The molecule has 6 heteroatoms. The predicted octanol–water partition coefficient (Wildman–Crippen LogP) is 5.24. The van der Waals surface area contributed by atoms with Gasteiger partial charge in [-0.1, -0.05) is 27.2 Å². The Labute approximate surface area is 181 Å². The molecule has 0 radical (unpaired) electrons. The van der Waals surface area contributed by atoms with E-state index >= 15 is 4.39 Å². The van der Waals surface area contributed by atoms with Crippen molar-refractivity contribution in [2.45, 2.75) is 103 Å². The molecule has 0 aromatic carbocycles. The van der Waals surface area contributed by atoms with Crippen LogP contribution in [0.4, 0.5) is 4.39 Å². The van der Waals surface area contributed by atoms with Crippen LogP contribution >= 0.6 is 0 Å². The standard InChI is InChI=1S/C24H40FN3O2/c1-5-13-24(4,25)23(29)28-15-6-7-20(21-12-14-26-27-21)22(28)16-30-19-10-8-18(9-11-19)17(2)3/h12,14,17-20,22H,5-11,13,15-16H2,1-4H3,(H,26,27)/t18?,19?,20-,22+,24?/m1/s1. The fraction of sp³-hybridized carbons (Fsp3) is 0.833. The largest absolute Gasteiger partial charge is 0.376 e. The van der Waals surface area contributed by atoms with Crippen LogP contribution in [0.15, 0.2) is 12.3 Å². The summed E-state index contributed by atoms with van der Waals surface area (Å²) in [7, 11) is 0. The highest BCUT2D eigenvalue weighted by molar-refractivity contribution is 5.85. The summed E-state index contributed by atoms with van der Waals surface area (Å²) in [5.41, 5.74) is -0.807. The fourth-order valence-electron chi connectivity index (χ4n) is 5.38. The molecule has 1 saturated heterocycles. The molecule has 1 unspecified atom stereocenters. The molecule has 0 bridgehead atoms. The number of amides is 1. The Hall–Kier alpha value is -1.43. The van der Waals surface area contributed by atoms with Gasteiger partial charge in [-0.3, -0.25) is 9.89 Å². The number of halogens is 1. The van der Waals surface area contributed by atoms with Crippen LogP contribution in [0.5, 0.6) is 0 Å². The van der Waals surface area contributed by atoms with Gasteiger partial charge in [0.2, 0.25) is 0 Å². The van der Waals surface area contributed by atoms with Crippen LogP contribution in [0.1, 0.15) is 90.7 Å². The number of carbonyl (C=O) groups excluding carboxylic acids is 1. The molecule has 2 fully saturated rings. The molecule has 1 amide bonds. The van der Waals surface area contributed by atoms with Crippen LogP contribution in [-0.4, -0.2) is 52.0 Å². The molecular formula is C24H40FN3O2. The number of nitrogens with one attached hydrogen (secondary N) is 1. The number of hydrogen-bond acceptors (Lipinski definition) is 3. The third-order valence-electron chi connectivity index (χ3n) is 7.29. The van der Waals surface area contributed by atoms with Crippen LogP contribution in [0.25, 0.3) is 0 Å². The van der Waals surface area contributed by atoms with Crippen LogP contribution in [0, 0.1) is 11.8 Å². The molecule has 170 valence electrons. The molecule has 1 N–H and O–H groups in total. The van der Waals surface area contributed by atoms with Crippen molar-refractivity contribution in [2.24, 2.45) is 11.8 Å². The van der Waals surface area contributed by atoms with Crippen LogP contribution in [0.2, 0.25) is 0 Å². The first-order valence-corrected chi connectivity index (χ1v) is 11.9. The second-order valence-electron chi connectivity index (χ2n) is 9.89. The number of rotatable bonds is 8. The van der Waals surface area contributed by atoms with E-state index in [1.807, 2.05) is 13.0 Å². The molecule has 2 aliphatic rings.